The van der Waals surface area contributed by atoms with Gasteiger partial charge < -0.3 is 14.4 Å². The van der Waals surface area contributed by atoms with Gasteiger partial charge in [0.1, 0.15) is 17.1 Å². The van der Waals surface area contributed by atoms with Crippen LogP contribution in [0.1, 0.15) is 31.9 Å². The first kappa shape index (κ1) is 18.1. The molecule has 0 unspecified atom stereocenters. The minimum Gasteiger partial charge on any atom is -0.505 e. The van der Waals surface area contributed by atoms with Crippen molar-refractivity contribution in [2.45, 2.75) is 32.7 Å². The number of carbonyl (C=O) groups is 1. The summed E-state index contributed by atoms with van der Waals surface area (Å²) in [5, 5.41) is 13.6. The molecule has 1 amide bonds. The van der Waals surface area contributed by atoms with Crippen LogP contribution in [0.3, 0.4) is 0 Å². The number of benzene rings is 3. The number of hydrogen-bond acceptors (Lipinski definition) is 3. The van der Waals surface area contributed by atoms with Gasteiger partial charge >= 0.3 is 0 Å². The number of phenolic OH excluding ortho intramolecular Hbond substituents is 1. The fourth-order valence-electron chi connectivity index (χ4n) is 3.50. The van der Waals surface area contributed by atoms with E-state index in [0.717, 1.165) is 34.6 Å². The summed E-state index contributed by atoms with van der Waals surface area (Å²) in [4.78, 5) is 14.6. The lowest BCUT2D eigenvalue weighted by atomic mass is 10.1. The molecule has 0 saturated heterocycles. The number of hydrogen-bond donors (Lipinski definition) is 1. The monoisotopic (exact) mass is 373 g/mol. The Morgan fingerprint density at radius 2 is 1.75 bits per heavy atom. The van der Waals surface area contributed by atoms with E-state index in [-0.39, 0.29) is 18.2 Å². The predicted molar refractivity (Wildman–Crippen MR) is 113 cm³/mol. The van der Waals surface area contributed by atoms with Crippen LogP contribution in [0.4, 0.5) is 5.69 Å². The van der Waals surface area contributed by atoms with Crippen LogP contribution >= 0.6 is 0 Å². The number of para-hydroxylation sites is 1. The average molecular weight is 373 g/mol. The van der Waals surface area contributed by atoms with Crippen molar-refractivity contribution in [1.29, 1.82) is 0 Å². The topological polar surface area (TPSA) is 53.7 Å². The molecule has 4 heteroatoms. The summed E-state index contributed by atoms with van der Waals surface area (Å²) in [6.07, 6.45) is 2.18. The van der Waals surface area contributed by atoms with Gasteiger partial charge in [-0.15, -0.1) is 0 Å². The van der Waals surface area contributed by atoms with Crippen molar-refractivity contribution in [2.24, 2.45) is 0 Å². The fourth-order valence-corrected chi connectivity index (χ4v) is 3.50. The molecule has 1 N–H and O–H groups in total. The molecule has 0 fully saturated rings. The molecule has 0 spiro atoms. The van der Waals surface area contributed by atoms with Crippen LogP contribution in [-0.2, 0) is 11.3 Å². The molecule has 4 nitrogen and oxygen atoms in total. The summed E-state index contributed by atoms with van der Waals surface area (Å²) < 4.78 is 5.93. The predicted octanol–water partition coefficient (Wildman–Crippen LogP) is 6.02. The number of furan rings is 1. The van der Waals surface area contributed by atoms with E-state index in [1.807, 2.05) is 66.7 Å². The van der Waals surface area contributed by atoms with Crippen LogP contribution in [0.5, 0.6) is 5.75 Å². The Hall–Kier alpha value is -3.27. The molecule has 0 aliphatic rings. The Morgan fingerprint density at radius 1 is 1.00 bits per heavy atom. The van der Waals surface area contributed by atoms with E-state index in [1.165, 1.54) is 0 Å². The van der Waals surface area contributed by atoms with Crippen LogP contribution in [0.15, 0.2) is 71.1 Å². The Kier molecular flexibility index (Phi) is 5.02. The van der Waals surface area contributed by atoms with Crippen molar-refractivity contribution in [2.75, 3.05) is 4.90 Å². The number of unbranched alkanes of at least 4 members (excludes halogenated alkanes) is 1. The number of phenols is 1. The zero-order chi connectivity index (χ0) is 19.5. The minimum atomic E-state index is -0.0205. The molecule has 142 valence electrons. The molecule has 0 aliphatic carbocycles. The summed E-state index contributed by atoms with van der Waals surface area (Å²) in [6.45, 7) is 2.34. The van der Waals surface area contributed by atoms with Gasteiger partial charge in [0.15, 0.2) is 0 Å². The van der Waals surface area contributed by atoms with Crippen LogP contribution in [0, 0.1) is 0 Å². The van der Waals surface area contributed by atoms with Crippen LogP contribution < -0.4 is 4.90 Å². The third-order valence-corrected chi connectivity index (χ3v) is 5.01. The summed E-state index contributed by atoms with van der Waals surface area (Å²) in [5.41, 5.74) is 1.31. The van der Waals surface area contributed by atoms with Gasteiger partial charge in [-0.1, -0.05) is 61.9 Å². The Balaban J connectivity index is 1.75. The number of aromatic hydroxyl groups is 1. The molecule has 4 aromatic rings. The standard InChI is InChI=1S/C24H23NO3/c1-2-3-12-23(26)25(16-19-15-18-9-5-7-11-22(18)28-19)21-14-13-17-8-4-6-10-20(17)24(21)27/h4-11,13-15,27H,2-3,12,16H2,1H3. The Bertz CT molecular complexity index is 1100. The first-order valence-corrected chi connectivity index (χ1v) is 9.66. The molecule has 0 saturated carbocycles. The second-order valence-electron chi connectivity index (χ2n) is 6.99. The zero-order valence-corrected chi connectivity index (χ0v) is 15.9. The van der Waals surface area contributed by atoms with Crippen molar-refractivity contribution in [3.05, 3.63) is 72.5 Å². The maximum atomic E-state index is 13.0. The summed E-state index contributed by atoms with van der Waals surface area (Å²) in [7, 11) is 0. The van der Waals surface area contributed by atoms with Gasteiger partial charge in [0, 0.05) is 17.2 Å². The highest BCUT2D eigenvalue weighted by Gasteiger charge is 2.21. The lowest BCUT2D eigenvalue weighted by Gasteiger charge is -2.23. The van der Waals surface area contributed by atoms with Crippen LogP contribution in [0.2, 0.25) is 0 Å². The van der Waals surface area contributed by atoms with E-state index in [2.05, 4.69) is 6.92 Å². The van der Waals surface area contributed by atoms with Gasteiger partial charge in [-0.3, -0.25) is 4.79 Å². The fraction of sp³-hybridized carbons (Fsp3) is 0.208. The molecule has 0 aliphatic heterocycles. The summed E-state index contributed by atoms with van der Waals surface area (Å²) in [5.74, 6) is 0.797. The van der Waals surface area contributed by atoms with E-state index in [1.54, 1.807) is 4.90 Å². The van der Waals surface area contributed by atoms with Crippen LogP contribution in [-0.4, -0.2) is 11.0 Å². The molecule has 1 heterocycles. The number of amides is 1. The van der Waals surface area contributed by atoms with E-state index >= 15 is 0 Å². The molecule has 3 aromatic carbocycles. The van der Waals surface area contributed by atoms with Crippen molar-refractivity contribution >= 4 is 33.3 Å². The van der Waals surface area contributed by atoms with Crippen molar-refractivity contribution in [3.8, 4) is 5.75 Å². The SMILES string of the molecule is CCCCC(=O)N(Cc1cc2ccccc2o1)c1ccc2ccccc2c1O. The quantitative estimate of drug-likeness (QED) is 0.450. The Morgan fingerprint density at radius 3 is 2.54 bits per heavy atom. The van der Waals surface area contributed by atoms with Gasteiger partial charge in [0.25, 0.3) is 0 Å². The number of fused-ring (bicyclic) bond motifs is 2. The second kappa shape index (κ2) is 7.77. The molecule has 0 radical (unpaired) electrons. The van der Waals surface area contributed by atoms with E-state index in [9.17, 15) is 9.90 Å². The second-order valence-corrected chi connectivity index (χ2v) is 6.99. The maximum absolute atomic E-state index is 13.0. The van der Waals surface area contributed by atoms with Gasteiger partial charge in [-0.25, -0.2) is 0 Å². The highest BCUT2D eigenvalue weighted by molar-refractivity contribution is 6.00. The number of carbonyl (C=O) groups excluding carboxylic acids is 1. The number of anilines is 1. The molecule has 28 heavy (non-hydrogen) atoms. The van der Waals surface area contributed by atoms with E-state index in [0.29, 0.717) is 17.9 Å². The lowest BCUT2D eigenvalue weighted by Crippen LogP contribution is -2.30. The van der Waals surface area contributed by atoms with Gasteiger partial charge in [0.05, 0.1) is 12.2 Å². The third-order valence-electron chi connectivity index (χ3n) is 5.01. The minimum absolute atomic E-state index is 0.0205. The van der Waals surface area contributed by atoms with Crippen LogP contribution in [0.25, 0.3) is 21.7 Å². The average Bonchev–Trinajstić information content (AvgIpc) is 3.14. The smallest absolute Gasteiger partial charge is 0.227 e. The van der Waals surface area contributed by atoms with Crippen molar-refractivity contribution in [3.63, 3.8) is 0 Å². The largest absolute Gasteiger partial charge is 0.505 e. The highest BCUT2D eigenvalue weighted by Crippen LogP contribution is 2.36. The van der Waals surface area contributed by atoms with E-state index < -0.39 is 0 Å². The zero-order valence-electron chi connectivity index (χ0n) is 15.9. The first-order chi connectivity index (χ1) is 13.7. The summed E-state index contributed by atoms with van der Waals surface area (Å²) >= 11 is 0. The number of nitrogens with zero attached hydrogens (tertiary/aromatic N) is 1. The van der Waals surface area contributed by atoms with Crippen molar-refractivity contribution < 1.29 is 14.3 Å². The van der Waals surface area contributed by atoms with E-state index in [4.69, 9.17) is 4.42 Å². The lowest BCUT2D eigenvalue weighted by molar-refractivity contribution is -0.118. The van der Waals surface area contributed by atoms with Crippen molar-refractivity contribution in [1.82, 2.24) is 0 Å². The van der Waals surface area contributed by atoms with Gasteiger partial charge in [0.2, 0.25) is 5.91 Å². The molecule has 1 aromatic heterocycles. The molecule has 4 rings (SSSR count). The molecule has 0 atom stereocenters. The molecule has 0 bridgehead atoms. The number of rotatable bonds is 6. The summed E-state index contributed by atoms with van der Waals surface area (Å²) in [6, 6.07) is 21.1. The normalized spacial score (nSPS) is 11.2. The third kappa shape index (κ3) is 3.46. The highest BCUT2D eigenvalue weighted by atomic mass is 16.3. The van der Waals surface area contributed by atoms with Gasteiger partial charge in [-0.05, 0) is 30.0 Å². The molecular formula is C24H23NO3. The van der Waals surface area contributed by atoms with Gasteiger partial charge in [-0.2, -0.15) is 0 Å². The molecular weight excluding hydrogens is 350 g/mol. The first-order valence-electron chi connectivity index (χ1n) is 9.66. The Labute approximate surface area is 164 Å². The maximum Gasteiger partial charge on any atom is 0.227 e.